The number of halogens is 1. The van der Waals surface area contributed by atoms with Crippen molar-refractivity contribution in [2.24, 2.45) is 5.73 Å². The summed E-state index contributed by atoms with van der Waals surface area (Å²) in [6.45, 7) is 6.39. The van der Waals surface area contributed by atoms with Crippen LogP contribution in [0.5, 0.6) is 5.75 Å². The average Bonchev–Trinajstić information content (AvgIpc) is 2.88. The molecule has 0 radical (unpaired) electrons. The molecule has 1 heterocycles. The van der Waals surface area contributed by atoms with Crippen LogP contribution in [-0.4, -0.2) is 16.7 Å². The van der Waals surface area contributed by atoms with Crippen LogP contribution in [0.25, 0.3) is 0 Å². The molecule has 1 atom stereocenters. The van der Waals surface area contributed by atoms with Gasteiger partial charge in [0.2, 0.25) is 0 Å². The molecule has 2 aromatic rings. The lowest BCUT2D eigenvalue weighted by Gasteiger charge is -2.19. The Bertz CT molecular complexity index is 622. The smallest absolute Gasteiger partial charge is 0.133 e. The highest BCUT2D eigenvalue weighted by molar-refractivity contribution is 9.10. The van der Waals surface area contributed by atoms with E-state index < -0.39 is 0 Å². The lowest BCUT2D eigenvalue weighted by atomic mass is 9.89. The molecule has 1 unspecified atom stereocenters. The summed E-state index contributed by atoms with van der Waals surface area (Å²) in [4.78, 5) is 1.06. The lowest BCUT2D eigenvalue weighted by Crippen LogP contribution is -2.20. The van der Waals surface area contributed by atoms with Gasteiger partial charge in [0, 0.05) is 11.5 Å². The third kappa shape index (κ3) is 3.81. The molecule has 0 aliphatic carbocycles. The molecular formula is C15H20BrN3OS. The Kier molecular flexibility index (Phi) is 5.01. The van der Waals surface area contributed by atoms with Crippen molar-refractivity contribution in [1.82, 2.24) is 9.59 Å². The van der Waals surface area contributed by atoms with Gasteiger partial charge in [-0.15, -0.1) is 5.10 Å². The first kappa shape index (κ1) is 16.4. The number of rotatable bonds is 4. The van der Waals surface area contributed by atoms with Gasteiger partial charge in [0.25, 0.3) is 0 Å². The Hall–Kier alpha value is -0.980. The predicted octanol–water partition coefficient (Wildman–Crippen LogP) is 3.85. The SMILES string of the molecule is COc1ccc(CC(N)c2snnc2C(C)(C)C)cc1Br. The highest BCUT2D eigenvalue weighted by Gasteiger charge is 2.25. The number of methoxy groups -OCH3 is 1. The molecule has 1 aromatic heterocycles. The zero-order chi connectivity index (χ0) is 15.6. The minimum atomic E-state index is -0.0977. The first-order chi connectivity index (χ1) is 9.82. The van der Waals surface area contributed by atoms with Crippen molar-refractivity contribution in [3.05, 3.63) is 38.8 Å². The van der Waals surface area contributed by atoms with E-state index in [1.165, 1.54) is 11.5 Å². The van der Waals surface area contributed by atoms with Crippen LogP contribution in [0.4, 0.5) is 0 Å². The maximum Gasteiger partial charge on any atom is 0.133 e. The van der Waals surface area contributed by atoms with Crippen molar-refractivity contribution in [2.75, 3.05) is 7.11 Å². The molecule has 6 heteroatoms. The third-order valence-corrected chi connectivity index (χ3v) is 4.71. The van der Waals surface area contributed by atoms with E-state index in [0.29, 0.717) is 0 Å². The van der Waals surface area contributed by atoms with Gasteiger partial charge in [-0.05, 0) is 51.6 Å². The predicted molar refractivity (Wildman–Crippen MR) is 89.9 cm³/mol. The molecule has 0 saturated heterocycles. The molecule has 0 spiro atoms. The monoisotopic (exact) mass is 369 g/mol. The molecular weight excluding hydrogens is 350 g/mol. The van der Waals surface area contributed by atoms with Crippen LogP contribution in [0.1, 0.15) is 42.9 Å². The maximum absolute atomic E-state index is 6.37. The number of hydrogen-bond acceptors (Lipinski definition) is 5. The Balaban J connectivity index is 2.21. The first-order valence-corrected chi connectivity index (χ1v) is 8.30. The molecule has 21 heavy (non-hydrogen) atoms. The Labute approximate surface area is 138 Å². The highest BCUT2D eigenvalue weighted by atomic mass is 79.9. The van der Waals surface area contributed by atoms with Gasteiger partial charge in [0.15, 0.2) is 0 Å². The summed E-state index contributed by atoms with van der Waals surface area (Å²) in [5.41, 5.74) is 8.48. The number of nitrogens with two attached hydrogens (primary N) is 1. The van der Waals surface area contributed by atoms with Crippen LogP contribution in [0.3, 0.4) is 0 Å². The Morgan fingerprint density at radius 3 is 2.67 bits per heavy atom. The van der Waals surface area contributed by atoms with E-state index in [0.717, 1.165) is 32.8 Å². The lowest BCUT2D eigenvalue weighted by molar-refractivity contribution is 0.412. The van der Waals surface area contributed by atoms with Crippen molar-refractivity contribution in [3.63, 3.8) is 0 Å². The standard InChI is InChI=1S/C15H20BrN3OS/c1-15(2,3)14-13(21-19-18-14)11(17)8-9-5-6-12(20-4)10(16)7-9/h5-7,11H,8,17H2,1-4H3. The van der Waals surface area contributed by atoms with Gasteiger partial charge in [-0.1, -0.05) is 31.3 Å². The first-order valence-electron chi connectivity index (χ1n) is 6.73. The van der Waals surface area contributed by atoms with Crippen molar-refractivity contribution in [2.45, 2.75) is 38.6 Å². The molecule has 2 rings (SSSR count). The molecule has 0 amide bonds. The third-order valence-electron chi connectivity index (χ3n) is 3.23. The van der Waals surface area contributed by atoms with Crippen molar-refractivity contribution >= 4 is 27.5 Å². The summed E-state index contributed by atoms with van der Waals surface area (Å²) in [5, 5.41) is 4.25. The van der Waals surface area contributed by atoms with Gasteiger partial charge in [-0.3, -0.25) is 0 Å². The van der Waals surface area contributed by atoms with E-state index in [-0.39, 0.29) is 11.5 Å². The van der Waals surface area contributed by atoms with Gasteiger partial charge in [0.1, 0.15) is 5.75 Å². The molecule has 4 nitrogen and oxygen atoms in total. The fourth-order valence-electron chi connectivity index (χ4n) is 2.14. The molecule has 0 aliphatic rings. The van der Waals surface area contributed by atoms with Gasteiger partial charge < -0.3 is 10.5 Å². The second-order valence-electron chi connectivity index (χ2n) is 6.02. The van der Waals surface area contributed by atoms with E-state index >= 15 is 0 Å². The zero-order valence-corrected chi connectivity index (χ0v) is 15.1. The number of aromatic nitrogens is 2. The normalized spacial score (nSPS) is 13.2. The van der Waals surface area contributed by atoms with Gasteiger partial charge >= 0.3 is 0 Å². The summed E-state index contributed by atoms with van der Waals surface area (Å²) >= 11 is 4.90. The second-order valence-corrected chi connectivity index (χ2v) is 7.66. The summed E-state index contributed by atoms with van der Waals surface area (Å²) in [6, 6.07) is 5.93. The minimum Gasteiger partial charge on any atom is -0.496 e. The van der Waals surface area contributed by atoms with Crippen LogP contribution in [0.15, 0.2) is 22.7 Å². The van der Waals surface area contributed by atoms with E-state index in [4.69, 9.17) is 10.5 Å². The quantitative estimate of drug-likeness (QED) is 0.888. The van der Waals surface area contributed by atoms with Crippen LogP contribution in [-0.2, 0) is 11.8 Å². The number of nitrogens with zero attached hydrogens (tertiary/aromatic N) is 2. The van der Waals surface area contributed by atoms with Crippen LogP contribution in [0.2, 0.25) is 0 Å². The van der Waals surface area contributed by atoms with Gasteiger partial charge in [-0.2, -0.15) is 0 Å². The summed E-state index contributed by atoms with van der Waals surface area (Å²) in [7, 11) is 1.66. The van der Waals surface area contributed by atoms with Crippen LogP contribution >= 0.6 is 27.5 Å². The molecule has 0 aliphatic heterocycles. The molecule has 1 aromatic carbocycles. The van der Waals surface area contributed by atoms with Gasteiger partial charge in [0.05, 0.1) is 22.2 Å². The minimum absolute atomic E-state index is 0.0412. The van der Waals surface area contributed by atoms with Crippen molar-refractivity contribution in [1.29, 1.82) is 0 Å². The molecule has 114 valence electrons. The molecule has 0 bridgehead atoms. The van der Waals surface area contributed by atoms with E-state index in [1.54, 1.807) is 7.11 Å². The van der Waals surface area contributed by atoms with Crippen molar-refractivity contribution in [3.8, 4) is 5.75 Å². The number of benzene rings is 1. The van der Waals surface area contributed by atoms with E-state index in [1.807, 2.05) is 18.2 Å². The van der Waals surface area contributed by atoms with Crippen LogP contribution < -0.4 is 10.5 Å². The fraction of sp³-hybridized carbons (Fsp3) is 0.467. The summed E-state index contributed by atoms with van der Waals surface area (Å²) < 4.78 is 10.3. The number of ether oxygens (including phenoxy) is 1. The Morgan fingerprint density at radius 2 is 2.10 bits per heavy atom. The largest absolute Gasteiger partial charge is 0.496 e. The Morgan fingerprint density at radius 1 is 1.38 bits per heavy atom. The topological polar surface area (TPSA) is 61.0 Å². The highest BCUT2D eigenvalue weighted by Crippen LogP contribution is 2.32. The fourth-order valence-corrected chi connectivity index (χ4v) is 3.59. The van der Waals surface area contributed by atoms with E-state index in [9.17, 15) is 0 Å². The van der Waals surface area contributed by atoms with Gasteiger partial charge in [-0.25, -0.2) is 0 Å². The second kappa shape index (κ2) is 6.42. The summed E-state index contributed by atoms with van der Waals surface area (Å²) in [6.07, 6.45) is 0.746. The zero-order valence-electron chi connectivity index (χ0n) is 12.7. The van der Waals surface area contributed by atoms with Crippen LogP contribution in [0, 0.1) is 0 Å². The van der Waals surface area contributed by atoms with E-state index in [2.05, 4.69) is 46.3 Å². The number of hydrogen-bond donors (Lipinski definition) is 1. The summed E-state index contributed by atoms with van der Waals surface area (Å²) in [5.74, 6) is 0.821. The average molecular weight is 370 g/mol. The molecule has 2 N–H and O–H groups in total. The maximum atomic E-state index is 6.37. The molecule has 0 saturated carbocycles. The molecule has 0 fully saturated rings. The van der Waals surface area contributed by atoms with Crippen molar-refractivity contribution < 1.29 is 4.74 Å².